The molecule has 0 aromatic heterocycles. The minimum atomic E-state index is -0.155. The van der Waals surface area contributed by atoms with Gasteiger partial charge >= 0.3 is 0 Å². The second-order valence-electron chi connectivity index (χ2n) is 6.32. The number of amides is 1. The zero-order valence-corrected chi connectivity index (χ0v) is 16.4. The molecule has 1 N–H and O–H groups in total. The van der Waals surface area contributed by atoms with Crippen LogP contribution in [0.15, 0.2) is 54.6 Å². The fourth-order valence-corrected chi connectivity index (χ4v) is 2.67. The molecule has 0 bridgehead atoms. The lowest BCUT2D eigenvalue weighted by molar-refractivity contribution is 0.0935. The summed E-state index contributed by atoms with van der Waals surface area (Å²) < 4.78 is 16.3. The van der Waals surface area contributed by atoms with Crippen LogP contribution < -0.4 is 19.5 Å². The first-order valence-electron chi connectivity index (χ1n) is 8.88. The number of carbonyl (C=O) groups excluding carboxylic acids is 1. The van der Waals surface area contributed by atoms with Crippen molar-refractivity contribution in [2.75, 3.05) is 20.8 Å². The third-order valence-electron chi connectivity index (χ3n) is 4.10. The minimum Gasteiger partial charge on any atom is -0.493 e. The van der Waals surface area contributed by atoms with E-state index in [1.54, 1.807) is 32.4 Å². The normalized spacial score (nSPS) is 11.4. The second-order valence-corrected chi connectivity index (χ2v) is 6.32. The summed E-state index contributed by atoms with van der Waals surface area (Å²) in [7, 11) is 3.19. The van der Waals surface area contributed by atoms with Gasteiger partial charge in [0.25, 0.3) is 5.91 Å². The van der Waals surface area contributed by atoms with Crippen molar-refractivity contribution in [1.29, 1.82) is 0 Å². The van der Waals surface area contributed by atoms with Gasteiger partial charge in [-0.05, 0) is 54.8 Å². The average molecular weight is 369 g/mol. The summed E-state index contributed by atoms with van der Waals surface area (Å²) in [6.45, 7) is 8.16. The molecular weight excluding hydrogens is 342 g/mol. The van der Waals surface area contributed by atoms with Crippen LogP contribution in [0, 0.1) is 0 Å². The lowest BCUT2D eigenvalue weighted by Gasteiger charge is -2.19. The molecule has 27 heavy (non-hydrogen) atoms. The first-order chi connectivity index (χ1) is 13.0. The molecule has 1 atom stereocenters. The fraction of sp³-hybridized carbons (Fsp3) is 0.318. The molecule has 2 aromatic rings. The number of rotatable bonds is 9. The third-order valence-corrected chi connectivity index (χ3v) is 4.10. The van der Waals surface area contributed by atoms with Gasteiger partial charge in [-0.25, -0.2) is 0 Å². The van der Waals surface area contributed by atoms with Crippen molar-refractivity contribution in [3.63, 3.8) is 0 Å². The molecule has 0 saturated carbocycles. The molecular formula is C22H27NO4. The lowest BCUT2D eigenvalue weighted by atomic mass is 10.0. The Balaban J connectivity index is 2.15. The summed E-state index contributed by atoms with van der Waals surface area (Å²) in [4.78, 5) is 12.7. The molecule has 5 nitrogen and oxygen atoms in total. The van der Waals surface area contributed by atoms with E-state index in [2.05, 4.69) is 11.9 Å². The molecule has 2 aromatic carbocycles. The van der Waals surface area contributed by atoms with E-state index >= 15 is 0 Å². The van der Waals surface area contributed by atoms with Gasteiger partial charge in [-0.3, -0.25) is 4.79 Å². The van der Waals surface area contributed by atoms with Crippen LogP contribution in [0.1, 0.15) is 42.2 Å². The highest BCUT2D eigenvalue weighted by Crippen LogP contribution is 2.31. The molecule has 0 aliphatic carbocycles. The highest BCUT2D eigenvalue weighted by Gasteiger charge is 2.16. The molecule has 2 rings (SSSR count). The first kappa shape index (κ1) is 20.4. The van der Waals surface area contributed by atoms with Gasteiger partial charge in [-0.2, -0.15) is 0 Å². The van der Waals surface area contributed by atoms with Crippen molar-refractivity contribution in [2.45, 2.75) is 26.3 Å². The summed E-state index contributed by atoms with van der Waals surface area (Å²) in [6.07, 6.45) is 0.743. The molecule has 1 unspecified atom stereocenters. The smallest absolute Gasteiger partial charge is 0.251 e. The van der Waals surface area contributed by atoms with Crippen LogP contribution in [0.25, 0.3) is 0 Å². The van der Waals surface area contributed by atoms with Crippen molar-refractivity contribution in [3.8, 4) is 17.2 Å². The number of ether oxygens (including phenoxy) is 3. The van der Waals surface area contributed by atoms with Crippen LogP contribution in [0.5, 0.6) is 17.2 Å². The Labute approximate surface area is 161 Å². The Kier molecular flexibility index (Phi) is 7.29. The molecule has 0 aliphatic rings. The summed E-state index contributed by atoms with van der Waals surface area (Å²) >= 11 is 0. The number of benzene rings is 2. The molecule has 0 fully saturated rings. The molecule has 0 aliphatic heterocycles. The maximum atomic E-state index is 12.7. The maximum Gasteiger partial charge on any atom is 0.251 e. The monoisotopic (exact) mass is 369 g/mol. The topological polar surface area (TPSA) is 56.8 Å². The highest BCUT2D eigenvalue weighted by molar-refractivity contribution is 5.94. The van der Waals surface area contributed by atoms with Gasteiger partial charge in [0.15, 0.2) is 11.5 Å². The molecule has 0 heterocycles. The van der Waals surface area contributed by atoms with Gasteiger partial charge < -0.3 is 19.5 Å². The number of hydrogen-bond acceptors (Lipinski definition) is 4. The molecule has 0 spiro atoms. The molecule has 0 saturated heterocycles. The maximum absolute atomic E-state index is 12.7. The Morgan fingerprint density at radius 1 is 1.11 bits per heavy atom. The summed E-state index contributed by atoms with van der Waals surface area (Å²) in [5.41, 5.74) is 2.43. The van der Waals surface area contributed by atoms with E-state index in [9.17, 15) is 4.79 Å². The van der Waals surface area contributed by atoms with E-state index in [4.69, 9.17) is 14.2 Å². The predicted molar refractivity (Wildman–Crippen MR) is 107 cm³/mol. The first-order valence-corrected chi connectivity index (χ1v) is 8.88. The van der Waals surface area contributed by atoms with Gasteiger partial charge in [-0.15, -0.1) is 0 Å². The number of carbonyl (C=O) groups is 1. The lowest BCUT2D eigenvalue weighted by Crippen LogP contribution is -2.28. The predicted octanol–water partition coefficient (Wildman–Crippen LogP) is 4.54. The average Bonchev–Trinajstić information content (AvgIpc) is 2.69. The van der Waals surface area contributed by atoms with Crippen molar-refractivity contribution < 1.29 is 19.0 Å². The third kappa shape index (κ3) is 5.51. The van der Waals surface area contributed by atoms with E-state index in [1.165, 1.54) is 0 Å². The minimum absolute atomic E-state index is 0.141. The van der Waals surface area contributed by atoms with Crippen LogP contribution in [0.2, 0.25) is 0 Å². The largest absolute Gasteiger partial charge is 0.493 e. The molecule has 1 amide bonds. The quantitative estimate of drug-likeness (QED) is 0.659. The zero-order valence-electron chi connectivity index (χ0n) is 16.4. The van der Waals surface area contributed by atoms with Crippen molar-refractivity contribution in [2.24, 2.45) is 0 Å². The Morgan fingerprint density at radius 3 is 2.48 bits per heavy atom. The summed E-state index contributed by atoms with van der Waals surface area (Å²) in [5, 5.41) is 3.07. The van der Waals surface area contributed by atoms with Crippen LogP contribution in [0.3, 0.4) is 0 Å². The van der Waals surface area contributed by atoms with Gasteiger partial charge in [0.2, 0.25) is 0 Å². The number of methoxy groups -OCH3 is 2. The van der Waals surface area contributed by atoms with Gasteiger partial charge in [-0.1, -0.05) is 25.6 Å². The van der Waals surface area contributed by atoms with Crippen LogP contribution in [0.4, 0.5) is 0 Å². The summed E-state index contributed by atoms with van der Waals surface area (Å²) in [5.74, 6) is 1.78. The van der Waals surface area contributed by atoms with Gasteiger partial charge in [0.05, 0.1) is 20.3 Å². The van der Waals surface area contributed by atoms with Gasteiger partial charge in [0.1, 0.15) is 12.4 Å². The fourth-order valence-electron chi connectivity index (χ4n) is 2.67. The van der Waals surface area contributed by atoms with Crippen molar-refractivity contribution >= 4 is 5.91 Å². The number of hydrogen-bond donors (Lipinski definition) is 1. The van der Waals surface area contributed by atoms with E-state index < -0.39 is 0 Å². The van der Waals surface area contributed by atoms with Crippen LogP contribution >= 0.6 is 0 Å². The Morgan fingerprint density at radius 2 is 1.85 bits per heavy atom. The number of nitrogens with one attached hydrogen (secondary N) is 1. The van der Waals surface area contributed by atoms with Crippen LogP contribution in [-0.2, 0) is 0 Å². The molecule has 0 radical (unpaired) electrons. The molecule has 144 valence electrons. The standard InChI is InChI=1S/C22H27NO4/c1-6-19(16-10-11-20(25-4)21(13-16)26-5)23-22(24)17-8-7-9-18(12-17)27-14-15(2)3/h7-13,19H,2,6,14H2,1,3-5H3,(H,23,24). The summed E-state index contributed by atoms with van der Waals surface area (Å²) in [6, 6.07) is 12.7. The highest BCUT2D eigenvalue weighted by atomic mass is 16.5. The molecule has 5 heteroatoms. The Hall–Kier alpha value is -2.95. The zero-order chi connectivity index (χ0) is 19.8. The van der Waals surface area contributed by atoms with E-state index in [-0.39, 0.29) is 11.9 Å². The van der Waals surface area contributed by atoms with Crippen LogP contribution in [-0.4, -0.2) is 26.7 Å². The van der Waals surface area contributed by atoms with E-state index in [0.29, 0.717) is 29.4 Å². The second kappa shape index (κ2) is 9.67. The van der Waals surface area contributed by atoms with E-state index in [0.717, 1.165) is 17.6 Å². The van der Waals surface area contributed by atoms with E-state index in [1.807, 2.05) is 38.1 Å². The SMILES string of the molecule is C=C(C)COc1cccc(C(=O)NC(CC)c2ccc(OC)c(OC)c2)c1. The van der Waals surface area contributed by atoms with Crippen molar-refractivity contribution in [1.82, 2.24) is 5.32 Å². The van der Waals surface area contributed by atoms with Gasteiger partial charge in [0, 0.05) is 5.56 Å². The Bertz CT molecular complexity index is 801. The van der Waals surface area contributed by atoms with Crippen molar-refractivity contribution in [3.05, 3.63) is 65.7 Å².